The van der Waals surface area contributed by atoms with Crippen LogP contribution in [-0.2, 0) is 28.5 Å². The number of fused-ring (bicyclic) bond motifs is 7. The van der Waals surface area contributed by atoms with E-state index in [0.29, 0.717) is 37.1 Å². The van der Waals surface area contributed by atoms with Crippen LogP contribution in [0.5, 0.6) is 0 Å². The van der Waals surface area contributed by atoms with Gasteiger partial charge in [0.25, 0.3) is 0 Å². The van der Waals surface area contributed by atoms with Gasteiger partial charge in [-0.05, 0) is 102 Å². The summed E-state index contributed by atoms with van der Waals surface area (Å²) in [5.41, 5.74) is 5.00. The molecule has 0 aromatic carbocycles. The van der Waals surface area contributed by atoms with Gasteiger partial charge in [0.2, 0.25) is 0 Å². The standard InChI is InChI=1S/C37H58N2O7/c1-19-16-25(40)31-26(43-19)18-27-30(33(31)41)24-10-6-7-15-37(35(42)44-34(24)36(2,3)45-27)28(46-37)14-12-21-17-29(38)39-32-22-9-5-4-8-20(22)11-13-23(21)32/h19-24,26-34,39,41H,4-18,38H2,1-3H3/t19?,20?,21?,22?,23?,24-,26?,27?,28-,29?,30?,31?,32?,33?,34-,37-/m1/s1. The number of rotatable bonds is 3. The summed E-state index contributed by atoms with van der Waals surface area (Å²) in [6.07, 6.45) is 13.1. The molecule has 0 aromatic rings. The first-order valence-electron chi connectivity index (χ1n) is 19.0. The van der Waals surface area contributed by atoms with Gasteiger partial charge in [0.05, 0.1) is 42.6 Å². The van der Waals surface area contributed by atoms with Crippen LogP contribution in [0, 0.1) is 41.4 Å². The second-order valence-electron chi connectivity index (χ2n) is 17.3. The Hall–Kier alpha value is -1.10. The van der Waals surface area contributed by atoms with Gasteiger partial charge in [0.15, 0.2) is 5.60 Å². The third-order valence-electron chi connectivity index (χ3n) is 14.2. The van der Waals surface area contributed by atoms with E-state index in [2.05, 4.69) is 5.32 Å². The van der Waals surface area contributed by atoms with Gasteiger partial charge in [-0.25, -0.2) is 4.79 Å². The first-order valence-corrected chi connectivity index (χ1v) is 19.0. The molecule has 0 radical (unpaired) electrons. The Balaban J connectivity index is 0.956. The van der Waals surface area contributed by atoms with Crippen LogP contribution in [0.2, 0.25) is 0 Å². The Morgan fingerprint density at radius 3 is 2.54 bits per heavy atom. The van der Waals surface area contributed by atoms with Crippen LogP contribution in [0.4, 0.5) is 0 Å². The van der Waals surface area contributed by atoms with Gasteiger partial charge < -0.3 is 29.8 Å². The van der Waals surface area contributed by atoms with Crippen molar-refractivity contribution in [2.45, 2.75) is 177 Å². The normalized spacial score (nSPS) is 53.2. The molecule has 46 heavy (non-hydrogen) atoms. The number of hydrogen-bond donors (Lipinski definition) is 3. The van der Waals surface area contributed by atoms with Crippen LogP contribution in [0.3, 0.4) is 0 Å². The maximum absolute atomic E-state index is 14.1. The van der Waals surface area contributed by atoms with Crippen LogP contribution in [-0.4, -0.2) is 76.9 Å². The number of epoxide rings is 1. The molecule has 9 nitrogen and oxygen atoms in total. The second-order valence-corrected chi connectivity index (χ2v) is 17.3. The average Bonchev–Trinajstić information content (AvgIpc) is 3.71. The van der Waals surface area contributed by atoms with Crippen LogP contribution in [0.15, 0.2) is 0 Å². The molecule has 5 aliphatic heterocycles. The maximum Gasteiger partial charge on any atom is 0.341 e. The van der Waals surface area contributed by atoms with Gasteiger partial charge in [0.1, 0.15) is 17.5 Å². The summed E-state index contributed by atoms with van der Waals surface area (Å²) in [7, 11) is 0. The highest BCUT2D eigenvalue weighted by molar-refractivity contribution is 5.84. The molecule has 12 unspecified atom stereocenters. The van der Waals surface area contributed by atoms with Crippen molar-refractivity contribution in [3.8, 4) is 0 Å². The molecular formula is C37H58N2O7. The SMILES string of the molecule is CC1CC(=O)C2C(CC3OC(C)(C)[C@@H]4OC(=O)[C@]5(CCCC[C@@H]4C3C2O)O[C@@H]5CCC2CC(N)NC3C4CCCCC4CCC23)O1. The number of esters is 1. The molecule has 0 bridgehead atoms. The van der Waals surface area contributed by atoms with Crippen molar-refractivity contribution in [2.24, 2.45) is 47.2 Å². The minimum absolute atomic E-state index is 0.0504. The van der Waals surface area contributed by atoms with Crippen molar-refractivity contribution < 1.29 is 33.6 Å². The van der Waals surface area contributed by atoms with Gasteiger partial charge in [-0.2, -0.15) is 0 Å². The molecule has 16 atom stereocenters. The number of hydrogen-bond acceptors (Lipinski definition) is 9. The van der Waals surface area contributed by atoms with E-state index in [1.807, 2.05) is 20.8 Å². The van der Waals surface area contributed by atoms with Crippen LogP contribution >= 0.6 is 0 Å². The summed E-state index contributed by atoms with van der Waals surface area (Å²) in [4.78, 5) is 27.2. The van der Waals surface area contributed by atoms with Crippen LogP contribution in [0.1, 0.15) is 117 Å². The Kier molecular flexibility index (Phi) is 8.41. The lowest BCUT2D eigenvalue weighted by atomic mass is 9.59. The van der Waals surface area contributed by atoms with Crippen LogP contribution in [0.25, 0.3) is 0 Å². The zero-order valence-corrected chi connectivity index (χ0v) is 28.2. The van der Waals surface area contributed by atoms with E-state index in [-0.39, 0.29) is 54.2 Å². The van der Waals surface area contributed by atoms with Gasteiger partial charge in [-0.1, -0.05) is 25.7 Å². The number of carbonyl (C=O) groups is 2. The molecule has 5 heterocycles. The molecular weight excluding hydrogens is 584 g/mol. The predicted octanol–water partition coefficient (Wildman–Crippen LogP) is 4.41. The number of piperidine rings is 1. The molecule has 0 amide bonds. The minimum Gasteiger partial charge on any atom is -0.457 e. The number of nitrogens with two attached hydrogens (primary N) is 1. The number of carbonyl (C=O) groups excluding carboxylic acids is 2. The first-order chi connectivity index (χ1) is 22.1. The van der Waals surface area contributed by atoms with E-state index in [1.54, 1.807) is 0 Å². The molecule has 258 valence electrons. The number of Topliss-reactive ketones (excluding diaryl/α,β-unsaturated/α-hetero) is 1. The summed E-state index contributed by atoms with van der Waals surface area (Å²) in [5, 5.41) is 15.6. The Morgan fingerprint density at radius 1 is 0.913 bits per heavy atom. The monoisotopic (exact) mass is 642 g/mol. The van der Waals surface area contributed by atoms with Crippen molar-refractivity contribution >= 4 is 11.8 Å². The number of nitrogens with one attached hydrogen (secondary N) is 1. The maximum atomic E-state index is 14.1. The van der Waals surface area contributed by atoms with Crippen molar-refractivity contribution in [2.75, 3.05) is 0 Å². The molecule has 1 spiro atoms. The topological polar surface area (TPSA) is 133 Å². The first kappa shape index (κ1) is 32.1. The molecule has 3 aliphatic carbocycles. The summed E-state index contributed by atoms with van der Waals surface area (Å²) >= 11 is 0. The van der Waals surface area contributed by atoms with E-state index in [9.17, 15) is 14.7 Å². The van der Waals surface area contributed by atoms with Gasteiger partial charge in [0, 0.05) is 30.7 Å². The van der Waals surface area contributed by atoms with Crippen molar-refractivity contribution in [3.05, 3.63) is 0 Å². The highest BCUT2D eigenvalue weighted by Crippen LogP contribution is 2.54. The molecule has 8 fully saturated rings. The molecule has 9 heteroatoms. The molecule has 8 rings (SSSR count). The molecule has 3 saturated carbocycles. The number of aliphatic hydroxyl groups is 1. The van der Waals surface area contributed by atoms with E-state index >= 15 is 0 Å². The molecule has 8 aliphatic rings. The minimum atomic E-state index is -0.878. The van der Waals surface area contributed by atoms with E-state index in [0.717, 1.165) is 50.4 Å². The largest absolute Gasteiger partial charge is 0.457 e. The van der Waals surface area contributed by atoms with E-state index < -0.39 is 29.3 Å². The fraction of sp³-hybridized carbons (Fsp3) is 0.946. The second kappa shape index (κ2) is 12.0. The lowest BCUT2D eigenvalue weighted by molar-refractivity contribution is -0.278. The number of ether oxygens (including phenoxy) is 4. The fourth-order valence-electron chi connectivity index (χ4n) is 12.2. The van der Waals surface area contributed by atoms with E-state index in [1.165, 1.54) is 38.5 Å². The molecule has 4 N–H and O–H groups in total. The Morgan fingerprint density at radius 2 is 1.70 bits per heavy atom. The van der Waals surface area contributed by atoms with Gasteiger partial charge in [-0.15, -0.1) is 0 Å². The molecule has 0 aromatic heterocycles. The lowest BCUT2D eigenvalue weighted by Crippen LogP contribution is -2.66. The van der Waals surface area contributed by atoms with Crippen LogP contribution < -0.4 is 11.1 Å². The van der Waals surface area contributed by atoms with Gasteiger partial charge in [-0.3, -0.25) is 10.1 Å². The van der Waals surface area contributed by atoms with Crippen molar-refractivity contribution in [1.29, 1.82) is 0 Å². The quantitative estimate of drug-likeness (QED) is 0.303. The van der Waals surface area contributed by atoms with E-state index in [4.69, 9.17) is 24.7 Å². The Labute approximate surface area is 274 Å². The summed E-state index contributed by atoms with van der Waals surface area (Å²) in [5.74, 6) is 1.79. The van der Waals surface area contributed by atoms with Crippen molar-refractivity contribution in [3.63, 3.8) is 0 Å². The third kappa shape index (κ3) is 5.42. The number of ketones is 1. The third-order valence-corrected chi connectivity index (χ3v) is 14.2. The lowest BCUT2D eigenvalue weighted by Gasteiger charge is -2.57. The fourth-order valence-corrected chi connectivity index (χ4v) is 12.2. The highest BCUT2D eigenvalue weighted by atomic mass is 16.7. The number of aliphatic hydroxyl groups excluding tert-OH is 1. The predicted molar refractivity (Wildman–Crippen MR) is 170 cm³/mol. The average molecular weight is 643 g/mol. The van der Waals surface area contributed by atoms with Crippen molar-refractivity contribution in [1.82, 2.24) is 5.32 Å². The summed E-state index contributed by atoms with van der Waals surface area (Å²) in [6, 6.07) is 0.537. The molecule has 5 saturated heterocycles. The Bertz CT molecular complexity index is 1180. The van der Waals surface area contributed by atoms with Gasteiger partial charge >= 0.3 is 5.97 Å². The summed E-state index contributed by atoms with van der Waals surface area (Å²) < 4.78 is 25.7. The zero-order chi connectivity index (χ0) is 32.0. The summed E-state index contributed by atoms with van der Waals surface area (Å²) in [6.45, 7) is 5.94. The highest BCUT2D eigenvalue weighted by Gasteiger charge is 2.66. The smallest absolute Gasteiger partial charge is 0.341 e. The zero-order valence-electron chi connectivity index (χ0n) is 28.2.